The van der Waals surface area contributed by atoms with E-state index in [4.69, 9.17) is 0 Å². The number of benzene rings is 1. The van der Waals surface area contributed by atoms with E-state index in [0.717, 1.165) is 19.5 Å². The number of nitrogens with zero attached hydrogens (tertiary/aromatic N) is 1. The summed E-state index contributed by atoms with van der Waals surface area (Å²) >= 11 is 0. The first-order valence-corrected chi connectivity index (χ1v) is 6.37. The van der Waals surface area contributed by atoms with Crippen molar-refractivity contribution in [3.05, 3.63) is 34.9 Å². The van der Waals surface area contributed by atoms with Gasteiger partial charge in [-0.25, -0.2) is 8.78 Å². The molecule has 2 unspecified atom stereocenters. The summed E-state index contributed by atoms with van der Waals surface area (Å²) in [5.74, 6) is -0.677. The van der Waals surface area contributed by atoms with E-state index in [1.807, 2.05) is 6.92 Å². The first-order valence-electron chi connectivity index (χ1n) is 6.37. The topological polar surface area (TPSA) is 15.3 Å². The summed E-state index contributed by atoms with van der Waals surface area (Å²) in [6.45, 7) is 5.47. The quantitative estimate of drug-likeness (QED) is 0.892. The van der Waals surface area contributed by atoms with E-state index in [0.29, 0.717) is 17.2 Å². The van der Waals surface area contributed by atoms with Gasteiger partial charge in [-0.05, 0) is 51.6 Å². The molecule has 1 fully saturated rings. The van der Waals surface area contributed by atoms with E-state index in [2.05, 4.69) is 17.3 Å². The molecule has 4 heteroatoms. The lowest BCUT2D eigenvalue weighted by Gasteiger charge is -2.20. The Balaban J connectivity index is 2.09. The number of nitrogens with one attached hydrogen (secondary N) is 1. The molecule has 1 aliphatic rings. The number of hydrogen-bond acceptors (Lipinski definition) is 2. The molecule has 1 aliphatic heterocycles. The van der Waals surface area contributed by atoms with Crippen molar-refractivity contribution in [1.29, 1.82) is 0 Å². The summed E-state index contributed by atoms with van der Waals surface area (Å²) in [5, 5.41) is 3.36. The number of halogens is 2. The number of likely N-dealkylation sites (tertiary alicyclic amines) is 1. The van der Waals surface area contributed by atoms with Crippen molar-refractivity contribution in [2.75, 3.05) is 20.1 Å². The zero-order valence-corrected chi connectivity index (χ0v) is 11.1. The van der Waals surface area contributed by atoms with Gasteiger partial charge in [0.1, 0.15) is 11.6 Å². The Labute approximate surface area is 107 Å². The molecule has 0 radical (unpaired) electrons. The first kappa shape index (κ1) is 13.4. The van der Waals surface area contributed by atoms with Crippen molar-refractivity contribution in [3.63, 3.8) is 0 Å². The molecule has 1 heterocycles. The van der Waals surface area contributed by atoms with E-state index in [1.54, 1.807) is 6.92 Å². The third kappa shape index (κ3) is 2.87. The Morgan fingerprint density at radius 2 is 2.06 bits per heavy atom. The minimum absolute atomic E-state index is 0.170. The van der Waals surface area contributed by atoms with Crippen LogP contribution in [0.1, 0.15) is 30.5 Å². The van der Waals surface area contributed by atoms with E-state index >= 15 is 0 Å². The van der Waals surface area contributed by atoms with Crippen molar-refractivity contribution >= 4 is 0 Å². The average molecular weight is 254 g/mol. The van der Waals surface area contributed by atoms with Gasteiger partial charge in [0, 0.05) is 24.2 Å². The molecule has 2 rings (SSSR count). The Kier molecular flexibility index (Phi) is 3.97. The van der Waals surface area contributed by atoms with Gasteiger partial charge < -0.3 is 10.2 Å². The van der Waals surface area contributed by atoms with Crippen LogP contribution < -0.4 is 5.32 Å². The smallest absolute Gasteiger partial charge is 0.128 e. The molecule has 0 amide bonds. The van der Waals surface area contributed by atoms with Crippen LogP contribution in [0.15, 0.2) is 12.1 Å². The van der Waals surface area contributed by atoms with Gasteiger partial charge in [0.05, 0.1) is 0 Å². The number of likely N-dealkylation sites (N-methyl/N-ethyl adjacent to an activating group) is 1. The van der Waals surface area contributed by atoms with Crippen molar-refractivity contribution in [1.82, 2.24) is 10.2 Å². The average Bonchev–Trinajstić information content (AvgIpc) is 2.69. The highest BCUT2D eigenvalue weighted by molar-refractivity contribution is 5.27. The first-order chi connectivity index (χ1) is 8.47. The minimum Gasteiger partial charge on any atom is -0.306 e. The number of rotatable bonds is 3. The zero-order chi connectivity index (χ0) is 13.3. The third-order valence-corrected chi connectivity index (χ3v) is 3.62. The molecule has 1 saturated heterocycles. The Morgan fingerprint density at radius 3 is 2.67 bits per heavy atom. The van der Waals surface area contributed by atoms with Crippen molar-refractivity contribution in [2.24, 2.45) is 0 Å². The van der Waals surface area contributed by atoms with Crippen LogP contribution in [-0.2, 0) is 0 Å². The van der Waals surface area contributed by atoms with E-state index in [-0.39, 0.29) is 17.7 Å². The molecule has 0 saturated carbocycles. The molecule has 2 atom stereocenters. The molecular formula is C14H20F2N2. The van der Waals surface area contributed by atoms with Crippen molar-refractivity contribution in [3.8, 4) is 0 Å². The summed E-state index contributed by atoms with van der Waals surface area (Å²) in [5.41, 5.74) is 0.761. The van der Waals surface area contributed by atoms with Crippen LogP contribution in [0.2, 0.25) is 0 Å². The molecule has 1 N–H and O–H groups in total. The third-order valence-electron chi connectivity index (χ3n) is 3.62. The Morgan fingerprint density at radius 1 is 1.33 bits per heavy atom. The van der Waals surface area contributed by atoms with Crippen LogP contribution in [0.4, 0.5) is 8.78 Å². The summed E-state index contributed by atoms with van der Waals surface area (Å²) in [6, 6.07) is 2.76. The maximum absolute atomic E-state index is 13.8. The highest BCUT2D eigenvalue weighted by Gasteiger charge is 2.22. The van der Waals surface area contributed by atoms with Gasteiger partial charge in [-0.1, -0.05) is 0 Å². The molecule has 0 spiro atoms. The molecule has 0 bridgehead atoms. The van der Waals surface area contributed by atoms with E-state index < -0.39 is 0 Å². The fraction of sp³-hybridized carbons (Fsp3) is 0.571. The Hall–Kier alpha value is -1.00. The maximum atomic E-state index is 13.8. The highest BCUT2D eigenvalue weighted by Crippen LogP contribution is 2.22. The van der Waals surface area contributed by atoms with Gasteiger partial charge in [0.25, 0.3) is 0 Å². The molecule has 100 valence electrons. The van der Waals surface area contributed by atoms with Crippen molar-refractivity contribution < 1.29 is 8.78 Å². The summed E-state index contributed by atoms with van der Waals surface area (Å²) in [4.78, 5) is 2.23. The van der Waals surface area contributed by atoms with Crippen LogP contribution in [0.5, 0.6) is 0 Å². The normalized spacial score (nSPS) is 22.4. The predicted molar refractivity (Wildman–Crippen MR) is 68.5 cm³/mol. The maximum Gasteiger partial charge on any atom is 0.128 e. The van der Waals surface area contributed by atoms with E-state index in [9.17, 15) is 8.78 Å². The second-order valence-electron chi connectivity index (χ2n) is 5.26. The van der Waals surface area contributed by atoms with Crippen LogP contribution >= 0.6 is 0 Å². The van der Waals surface area contributed by atoms with Crippen LogP contribution in [0.3, 0.4) is 0 Å². The molecule has 0 aliphatic carbocycles. The summed E-state index contributed by atoms with van der Waals surface area (Å²) < 4.78 is 27.3. The van der Waals surface area contributed by atoms with Gasteiger partial charge in [-0.3, -0.25) is 0 Å². The molecule has 1 aromatic rings. The van der Waals surface area contributed by atoms with Gasteiger partial charge in [-0.15, -0.1) is 0 Å². The zero-order valence-electron chi connectivity index (χ0n) is 11.1. The van der Waals surface area contributed by atoms with Crippen LogP contribution in [0.25, 0.3) is 0 Å². The van der Waals surface area contributed by atoms with E-state index in [1.165, 1.54) is 12.1 Å². The number of aryl methyl sites for hydroxylation is 1. The molecule has 0 aromatic heterocycles. The lowest BCUT2D eigenvalue weighted by Crippen LogP contribution is -2.34. The lowest BCUT2D eigenvalue weighted by atomic mass is 10.0. The number of hydrogen-bond donors (Lipinski definition) is 1. The van der Waals surface area contributed by atoms with Gasteiger partial charge in [0.2, 0.25) is 0 Å². The van der Waals surface area contributed by atoms with Gasteiger partial charge >= 0.3 is 0 Å². The van der Waals surface area contributed by atoms with Crippen LogP contribution in [0, 0.1) is 18.6 Å². The fourth-order valence-electron chi connectivity index (χ4n) is 2.51. The van der Waals surface area contributed by atoms with Crippen molar-refractivity contribution in [2.45, 2.75) is 32.4 Å². The lowest BCUT2D eigenvalue weighted by molar-refractivity contribution is 0.384. The van der Waals surface area contributed by atoms with Gasteiger partial charge in [-0.2, -0.15) is 0 Å². The summed E-state index contributed by atoms with van der Waals surface area (Å²) in [6.07, 6.45) is 1.05. The second-order valence-corrected chi connectivity index (χ2v) is 5.26. The second kappa shape index (κ2) is 5.33. The molecule has 1 aromatic carbocycles. The van der Waals surface area contributed by atoms with Gasteiger partial charge in [0.15, 0.2) is 0 Å². The highest BCUT2D eigenvalue weighted by atomic mass is 19.1. The largest absolute Gasteiger partial charge is 0.306 e. The minimum atomic E-state index is -0.344. The molecular weight excluding hydrogens is 234 g/mol. The fourth-order valence-corrected chi connectivity index (χ4v) is 2.51. The molecule has 2 nitrogen and oxygen atoms in total. The summed E-state index contributed by atoms with van der Waals surface area (Å²) in [7, 11) is 2.07. The Bertz CT molecular complexity index is 434. The van der Waals surface area contributed by atoms with Crippen LogP contribution in [-0.4, -0.2) is 31.1 Å². The SMILES string of the molecule is Cc1cc(F)c(C(C)NC2CCN(C)C2)cc1F. The molecule has 18 heavy (non-hydrogen) atoms. The predicted octanol–water partition coefficient (Wildman–Crippen LogP) is 2.63. The monoisotopic (exact) mass is 254 g/mol. The standard InChI is InChI=1S/C14H20F2N2/c1-9-6-14(16)12(7-13(9)15)10(2)17-11-4-5-18(3)8-11/h6-7,10-11,17H,4-5,8H2,1-3H3.